The van der Waals surface area contributed by atoms with Crippen molar-refractivity contribution in [1.82, 2.24) is 9.97 Å². The molecule has 0 radical (unpaired) electrons. The summed E-state index contributed by atoms with van der Waals surface area (Å²) in [6, 6.07) is 9.42. The van der Waals surface area contributed by atoms with E-state index in [1.807, 2.05) is 31.3 Å². The van der Waals surface area contributed by atoms with Gasteiger partial charge in [-0.05, 0) is 24.6 Å². The van der Waals surface area contributed by atoms with Gasteiger partial charge in [0.25, 0.3) is 0 Å². The molecule has 0 bridgehead atoms. The quantitative estimate of drug-likeness (QED) is 0.644. The lowest BCUT2D eigenvalue weighted by molar-refractivity contribution is 0.0691. The van der Waals surface area contributed by atoms with Crippen LogP contribution >= 0.6 is 0 Å². The number of aromatic carboxylic acids is 1. The van der Waals surface area contributed by atoms with Crippen molar-refractivity contribution >= 4 is 16.9 Å². The number of hydrogen-bond acceptors (Lipinski definition) is 1. The molecule has 0 aliphatic heterocycles. The minimum absolute atomic E-state index is 0.201. The Balaban J connectivity index is 2.19. The molecule has 0 aliphatic rings. The van der Waals surface area contributed by atoms with Gasteiger partial charge in [-0.2, -0.15) is 0 Å². The summed E-state index contributed by atoms with van der Waals surface area (Å²) in [7, 11) is 0. The molecule has 90 valence electrons. The van der Waals surface area contributed by atoms with Gasteiger partial charge in [0.2, 0.25) is 0 Å². The Hall–Kier alpha value is -2.49. The van der Waals surface area contributed by atoms with E-state index < -0.39 is 5.97 Å². The van der Waals surface area contributed by atoms with Crippen molar-refractivity contribution in [3.63, 3.8) is 0 Å². The number of fused-ring (bicyclic) bond motifs is 1. The molecular weight excluding hydrogens is 228 g/mol. The highest BCUT2D eigenvalue weighted by molar-refractivity contribution is 5.97. The SMILES string of the molecule is Cc1cccc2c(-c3ccc(C(=O)O)[nH]3)c[nH]c12. The highest BCUT2D eigenvalue weighted by Gasteiger charge is 2.11. The van der Waals surface area contributed by atoms with E-state index in [-0.39, 0.29) is 5.69 Å². The number of para-hydroxylation sites is 1. The maximum Gasteiger partial charge on any atom is 0.352 e. The molecular formula is C14H12N2O2. The van der Waals surface area contributed by atoms with Crippen LogP contribution < -0.4 is 0 Å². The second kappa shape index (κ2) is 3.77. The third-order valence-electron chi connectivity index (χ3n) is 3.13. The lowest BCUT2D eigenvalue weighted by Crippen LogP contribution is -1.95. The van der Waals surface area contributed by atoms with Crippen molar-refractivity contribution < 1.29 is 9.90 Å². The largest absolute Gasteiger partial charge is 0.477 e. The Labute approximate surface area is 103 Å². The minimum Gasteiger partial charge on any atom is -0.477 e. The zero-order chi connectivity index (χ0) is 12.7. The Kier molecular flexibility index (Phi) is 2.23. The highest BCUT2D eigenvalue weighted by atomic mass is 16.4. The lowest BCUT2D eigenvalue weighted by atomic mass is 10.1. The standard InChI is InChI=1S/C14H12N2O2/c1-8-3-2-4-9-10(7-15-13(8)9)11-5-6-12(16-11)14(17)18/h2-7,15-16H,1H3,(H,17,18). The molecule has 0 unspecified atom stereocenters. The summed E-state index contributed by atoms with van der Waals surface area (Å²) < 4.78 is 0. The number of benzene rings is 1. The smallest absolute Gasteiger partial charge is 0.352 e. The fourth-order valence-electron chi connectivity index (χ4n) is 2.21. The van der Waals surface area contributed by atoms with Crippen LogP contribution in [0.5, 0.6) is 0 Å². The molecule has 0 amide bonds. The topological polar surface area (TPSA) is 68.9 Å². The average Bonchev–Trinajstić information content (AvgIpc) is 2.94. The third-order valence-corrected chi connectivity index (χ3v) is 3.13. The highest BCUT2D eigenvalue weighted by Crippen LogP contribution is 2.29. The summed E-state index contributed by atoms with van der Waals surface area (Å²) in [5.41, 5.74) is 4.25. The zero-order valence-electron chi connectivity index (χ0n) is 9.82. The van der Waals surface area contributed by atoms with Crippen molar-refractivity contribution in [3.8, 4) is 11.3 Å². The van der Waals surface area contributed by atoms with E-state index in [1.165, 1.54) is 5.56 Å². The molecule has 1 aromatic carbocycles. The first-order valence-electron chi connectivity index (χ1n) is 5.66. The van der Waals surface area contributed by atoms with Crippen LogP contribution in [-0.2, 0) is 0 Å². The molecule has 2 heterocycles. The summed E-state index contributed by atoms with van der Waals surface area (Å²) >= 11 is 0. The summed E-state index contributed by atoms with van der Waals surface area (Å²) in [6.07, 6.45) is 1.90. The van der Waals surface area contributed by atoms with Crippen LogP contribution in [0, 0.1) is 6.92 Å². The Morgan fingerprint density at radius 1 is 1.22 bits per heavy atom. The van der Waals surface area contributed by atoms with Crippen LogP contribution in [0.1, 0.15) is 16.1 Å². The summed E-state index contributed by atoms with van der Waals surface area (Å²) in [5.74, 6) is -0.947. The molecule has 3 aromatic rings. The second-order valence-electron chi connectivity index (χ2n) is 4.29. The van der Waals surface area contributed by atoms with Gasteiger partial charge in [0.1, 0.15) is 5.69 Å². The average molecular weight is 240 g/mol. The van der Waals surface area contributed by atoms with E-state index in [9.17, 15) is 4.79 Å². The predicted octanol–water partition coefficient (Wildman–Crippen LogP) is 3.17. The first-order chi connectivity index (χ1) is 8.66. The Morgan fingerprint density at radius 3 is 2.78 bits per heavy atom. The third kappa shape index (κ3) is 1.50. The predicted molar refractivity (Wildman–Crippen MR) is 69.8 cm³/mol. The van der Waals surface area contributed by atoms with Gasteiger partial charge in [-0.1, -0.05) is 18.2 Å². The summed E-state index contributed by atoms with van der Waals surface area (Å²) in [6.45, 7) is 2.04. The van der Waals surface area contributed by atoms with Gasteiger partial charge in [-0.3, -0.25) is 0 Å². The van der Waals surface area contributed by atoms with Crippen molar-refractivity contribution in [2.24, 2.45) is 0 Å². The number of aryl methyl sites for hydroxylation is 1. The fourth-order valence-corrected chi connectivity index (χ4v) is 2.21. The molecule has 4 heteroatoms. The fraction of sp³-hybridized carbons (Fsp3) is 0.0714. The first-order valence-corrected chi connectivity index (χ1v) is 5.66. The Morgan fingerprint density at radius 2 is 2.06 bits per heavy atom. The van der Waals surface area contributed by atoms with E-state index in [2.05, 4.69) is 9.97 Å². The molecule has 18 heavy (non-hydrogen) atoms. The molecule has 0 spiro atoms. The van der Waals surface area contributed by atoms with Crippen molar-refractivity contribution in [1.29, 1.82) is 0 Å². The van der Waals surface area contributed by atoms with Gasteiger partial charge in [0.15, 0.2) is 0 Å². The number of carboxylic acids is 1. The van der Waals surface area contributed by atoms with Gasteiger partial charge in [0, 0.05) is 28.4 Å². The number of rotatable bonds is 2. The van der Waals surface area contributed by atoms with Crippen LogP contribution in [-0.4, -0.2) is 21.0 Å². The molecule has 2 aromatic heterocycles. The Bertz CT molecular complexity index is 737. The molecule has 0 saturated carbocycles. The maximum atomic E-state index is 10.9. The molecule has 3 N–H and O–H groups in total. The molecule has 0 saturated heterocycles. The van der Waals surface area contributed by atoms with Crippen LogP contribution in [0.2, 0.25) is 0 Å². The molecule has 0 atom stereocenters. The number of H-pyrrole nitrogens is 2. The number of aromatic nitrogens is 2. The minimum atomic E-state index is -0.947. The first kappa shape index (κ1) is 10.7. The van der Waals surface area contributed by atoms with Crippen LogP contribution in [0.3, 0.4) is 0 Å². The zero-order valence-corrected chi connectivity index (χ0v) is 9.82. The van der Waals surface area contributed by atoms with Crippen molar-refractivity contribution in [2.45, 2.75) is 6.92 Å². The number of aromatic amines is 2. The van der Waals surface area contributed by atoms with E-state index in [0.717, 1.165) is 22.2 Å². The molecule has 4 nitrogen and oxygen atoms in total. The van der Waals surface area contributed by atoms with Gasteiger partial charge in [-0.25, -0.2) is 4.79 Å². The second-order valence-corrected chi connectivity index (χ2v) is 4.29. The van der Waals surface area contributed by atoms with Crippen LogP contribution in [0.4, 0.5) is 0 Å². The van der Waals surface area contributed by atoms with Gasteiger partial charge in [0.05, 0.1) is 0 Å². The molecule has 0 fully saturated rings. The van der Waals surface area contributed by atoms with Gasteiger partial charge >= 0.3 is 5.97 Å². The normalized spacial score (nSPS) is 10.9. The van der Waals surface area contributed by atoms with E-state index in [4.69, 9.17) is 5.11 Å². The summed E-state index contributed by atoms with van der Waals surface area (Å²) in [4.78, 5) is 17.0. The number of hydrogen-bond donors (Lipinski definition) is 3. The number of nitrogens with one attached hydrogen (secondary N) is 2. The number of carboxylic acid groups (broad SMARTS) is 1. The molecule has 3 rings (SSSR count). The maximum absolute atomic E-state index is 10.9. The lowest BCUT2D eigenvalue weighted by Gasteiger charge is -1.98. The molecule has 0 aliphatic carbocycles. The van der Waals surface area contributed by atoms with Crippen molar-refractivity contribution in [2.75, 3.05) is 0 Å². The number of carbonyl (C=O) groups is 1. The van der Waals surface area contributed by atoms with E-state index >= 15 is 0 Å². The monoisotopic (exact) mass is 240 g/mol. The van der Waals surface area contributed by atoms with E-state index in [0.29, 0.717) is 0 Å². The van der Waals surface area contributed by atoms with Gasteiger partial charge in [-0.15, -0.1) is 0 Å². The van der Waals surface area contributed by atoms with Gasteiger partial charge < -0.3 is 15.1 Å². The van der Waals surface area contributed by atoms with Crippen molar-refractivity contribution in [3.05, 3.63) is 47.8 Å². The summed E-state index contributed by atoms with van der Waals surface area (Å²) in [5, 5.41) is 10.0. The van der Waals surface area contributed by atoms with Crippen LogP contribution in [0.15, 0.2) is 36.5 Å². The van der Waals surface area contributed by atoms with Crippen LogP contribution in [0.25, 0.3) is 22.2 Å². The van der Waals surface area contributed by atoms with E-state index in [1.54, 1.807) is 12.1 Å².